The fourth-order valence-electron chi connectivity index (χ4n) is 6.23. The number of allylic oxidation sites excluding steroid dienone is 4. The van der Waals surface area contributed by atoms with E-state index in [-0.39, 0.29) is 23.5 Å². The number of ketones is 1. The van der Waals surface area contributed by atoms with Gasteiger partial charge in [0.05, 0.1) is 12.2 Å². The van der Waals surface area contributed by atoms with Crippen molar-refractivity contribution in [1.82, 2.24) is 0 Å². The summed E-state index contributed by atoms with van der Waals surface area (Å²) in [5, 5.41) is 21.2. The van der Waals surface area contributed by atoms with Gasteiger partial charge in [0.1, 0.15) is 6.17 Å². The summed E-state index contributed by atoms with van der Waals surface area (Å²) in [4.78, 5) is 11.7. The van der Waals surface area contributed by atoms with Gasteiger partial charge in [0, 0.05) is 16.7 Å². The number of alkyl halides is 1. The van der Waals surface area contributed by atoms with E-state index in [0.29, 0.717) is 6.42 Å². The third-order valence-corrected chi connectivity index (χ3v) is 7.55. The van der Waals surface area contributed by atoms with Crippen LogP contribution in [0, 0.1) is 28.6 Å². The lowest BCUT2D eigenvalue weighted by Gasteiger charge is -2.59. The zero-order valence-corrected chi connectivity index (χ0v) is 13.7. The lowest BCUT2D eigenvalue weighted by molar-refractivity contribution is -0.179. The van der Waals surface area contributed by atoms with E-state index < -0.39 is 29.2 Å². The van der Waals surface area contributed by atoms with Gasteiger partial charge in [0.25, 0.3) is 0 Å². The maximum atomic E-state index is 15.2. The summed E-state index contributed by atoms with van der Waals surface area (Å²) in [6.07, 6.45) is 5.04. The Bertz CT molecular complexity index is 612. The average molecular weight is 320 g/mol. The quantitative estimate of drug-likeness (QED) is 0.721. The molecule has 0 saturated heterocycles. The zero-order chi connectivity index (χ0) is 16.6. The highest BCUT2D eigenvalue weighted by Crippen LogP contribution is 2.65. The maximum Gasteiger partial charge on any atom is 0.178 e. The predicted molar refractivity (Wildman–Crippen MR) is 84.3 cm³/mol. The SMILES string of the molecule is CC12C=CC(=O)C=C1CCC1C2C(O)C(F)C2(C)C(O)CCC12. The van der Waals surface area contributed by atoms with E-state index >= 15 is 4.39 Å². The first kappa shape index (κ1) is 15.5. The highest BCUT2D eigenvalue weighted by Gasteiger charge is 2.66. The summed E-state index contributed by atoms with van der Waals surface area (Å²) in [5.41, 5.74) is -0.262. The minimum Gasteiger partial charge on any atom is -0.392 e. The van der Waals surface area contributed by atoms with Gasteiger partial charge in [-0.25, -0.2) is 4.39 Å². The maximum absolute atomic E-state index is 15.2. The molecule has 0 aromatic heterocycles. The van der Waals surface area contributed by atoms with Crippen molar-refractivity contribution in [2.75, 3.05) is 0 Å². The number of fused-ring (bicyclic) bond motifs is 5. The second kappa shape index (κ2) is 4.76. The summed E-state index contributed by atoms with van der Waals surface area (Å²) in [6, 6.07) is 0. The lowest BCUT2D eigenvalue weighted by atomic mass is 9.47. The fourth-order valence-corrected chi connectivity index (χ4v) is 6.23. The van der Waals surface area contributed by atoms with Crippen molar-refractivity contribution in [3.8, 4) is 0 Å². The van der Waals surface area contributed by atoms with E-state index in [9.17, 15) is 15.0 Å². The standard InChI is InChI=1S/C19H25FO3/c1-18-8-7-11(21)9-10(18)3-4-12-13-5-6-14(22)19(13,2)17(20)16(23)15(12)18/h7-9,12-17,22-23H,3-6H2,1-2H3. The van der Waals surface area contributed by atoms with Crippen LogP contribution in [-0.4, -0.2) is 34.4 Å². The molecule has 4 heteroatoms. The van der Waals surface area contributed by atoms with Crippen LogP contribution in [0.4, 0.5) is 4.39 Å². The molecule has 0 radical (unpaired) electrons. The molecule has 8 unspecified atom stereocenters. The van der Waals surface area contributed by atoms with E-state index in [1.807, 2.05) is 19.9 Å². The molecular formula is C19H25FO3. The molecule has 0 aliphatic heterocycles. The van der Waals surface area contributed by atoms with Crippen molar-refractivity contribution >= 4 is 5.78 Å². The van der Waals surface area contributed by atoms with Gasteiger partial charge in [-0.15, -0.1) is 0 Å². The lowest BCUT2D eigenvalue weighted by Crippen LogP contribution is -2.62. The van der Waals surface area contributed by atoms with E-state index in [4.69, 9.17) is 0 Å². The van der Waals surface area contributed by atoms with Crippen LogP contribution in [0.3, 0.4) is 0 Å². The Labute approximate surface area is 136 Å². The van der Waals surface area contributed by atoms with E-state index in [2.05, 4.69) is 0 Å². The Morgan fingerprint density at radius 2 is 1.96 bits per heavy atom. The van der Waals surface area contributed by atoms with Gasteiger partial charge >= 0.3 is 0 Å². The largest absolute Gasteiger partial charge is 0.392 e. The number of carbonyl (C=O) groups is 1. The molecule has 4 aliphatic rings. The summed E-state index contributed by atoms with van der Waals surface area (Å²) < 4.78 is 15.2. The first-order chi connectivity index (χ1) is 10.8. The Kier molecular flexibility index (Phi) is 3.21. The molecule has 4 rings (SSSR count). The van der Waals surface area contributed by atoms with Gasteiger partial charge < -0.3 is 10.2 Å². The summed E-state index contributed by atoms with van der Waals surface area (Å²) >= 11 is 0. The van der Waals surface area contributed by atoms with Crippen molar-refractivity contribution in [2.45, 2.75) is 57.9 Å². The molecule has 0 bridgehead atoms. The smallest absolute Gasteiger partial charge is 0.178 e. The number of halogens is 1. The second-order valence-electron chi connectivity index (χ2n) is 8.37. The first-order valence-corrected chi connectivity index (χ1v) is 8.74. The number of aliphatic hydroxyl groups excluding tert-OH is 2. The van der Waals surface area contributed by atoms with Crippen LogP contribution >= 0.6 is 0 Å². The van der Waals surface area contributed by atoms with Gasteiger partial charge in [0.15, 0.2) is 5.78 Å². The Morgan fingerprint density at radius 1 is 1.22 bits per heavy atom. The zero-order valence-electron chi connectivity index (χ0n) is 13.7. The third-order valence-electron chi connectivity index (χ3n) is 7.55. The van der Waals surface area contributed by atoms with Gasteiger partial charge in [-0.2, -0.15) is 0 Å². The number of carbonyl (C=O) groups excluding carboxylic acids is 1. The average Bonchev–Trinajstić information content (AvgIpc) is 2.82. The molecule has 4 aliphatic carbocycles. The molecule has 0 amide bonds. The summed E-state index contributed by atoms with van der Waals surface area (Å²) in [6.45, 7) is 3.84. The van der Waals surface area contributed by atoms with Crippen LogP contribution in [0.2, 0.25) is 0 Å². The molecule has 126 valence electrons. The number of aliphatic hydroxyl groups is 2. The van der Waals surface area contributed by atoms with Crippen molar-refractivity contribution < 1.29 is 19.4 Å². The normalized spacial score (nSPS) is 55.0. The van der Waals surface area contributed by atoms with Crippen molar-refractivity contribution in [2.24, 2.45) is 28.6 Å². The van der Waals surface area contributed by atoms with Crippen molar-refractivity contribution in [1.29, 1.82) is 0 Å². The van der Waals surface area contributed by atoms with Crippen LogP contribution in [0.5, 0.6) is 0 Å². The van der Waals surface area contributed by atoms with Gasteiger partial charge in [-0.05, 0) is 49.7 Å². The van der Waals surface area contributed by atoms with Crippen LogP contribution in [-0.2, 0) is 4.79 Å². The molecule has 8 atom stereocenters. The molecule has 0 aromatic carbocycles. The number of hydrogen-bond acceptors (Lipinski definition) is 3. The van der Waals surface area contributed by atoms with Crippen LogP contribution in [0.15, 0.2) is 23.8 Å². The van der Waals surface area contributed by atoms with Gasteiger partial charge in [0.2, 0.25) is 0 Å². The highest BCUT2D eigenvalue weighted by molar-refractivity contribution is 6.01. The molecular weight excluding hydrogens is 295 g/mol. The third kappa shape index (κ3) is 1.79. The first-order valence-electron chi connectivity index (χ1n) is 8.74. The number of rotatable bonds is 0. The molecule has 0 heterocycles. The minimum absolute atomic E-state index is 0.0147. The second-order valence-corrected chi connectivity index (χ2v) is 8.37. The fraction of sp³-hybridized carbons (Fsp3) is 0.737. The molecule has 2 N–H and O–H groups in total. The topological polar surface area (TPSA) is 57.5 Å². The van der Waals surface area contributed by atoms with E-state index in [1.54, 1.807) is 12.2 Å². The van der Waals surface area contributed by atoms with E-state index in [1.165, 1.54) is 0 Å². The molecule has 3 nitrogen and oxygen atoms in total. The summed E-state index contributed by atoms with van der Waals surface area (Å²) in [5.74, 6) is 0.0637. The number of hydrogen-bond donors (Lipinski definition) is 2. The minimum atomic E-state index is -1.42. The monoisotopic (exact) mass is 320 g/mol. The summed E-state index contributed by atoms with van der Waals surface area (Å²) in [7, 11) is 0. The van der Waals surface area contributed by atoms with Gasteiger partial charge in [-0.1, -0.05) is 25.5 Å². The molecule has 3 fully saturated rings. The predicted octanol–water partition coefficient (Wildman–Crippen LogP) is 2.57. The molecule has 23 heavy (non-hydrogen) atoms. The van der Waals surface area contributed by atoms with Gasteiger partial charge in [-0.3, -0.25) is 4.79 Å². The Balaban J connectivity index is 1.80. The molecule has 0 spiro atoms. The van der Waals surface area contributed by atoms with E-state index in [0.717, 1.165) is 24.8 Å². The molecule has 0 aromatic rings. The van der Waals surface area contributed by atoms with Crippen molar-refractivity contribution in [3.05, 3.63) is 23.8 Å². The van der Waals surface area contributed by atoms with Crippen LogP contribution in [0.1, 0.15) is 39.5 Å². The highest BCUT2D eigenvalue weighted by atomic mass is 19.1. The van der Waals surface area contributed by atoms with Crippen LogP contribution < -0.4 is 0 Å². The Hall–Kier alpha value is -1.00. The van der Waals surface area contributed by atoms with Crippen molar-refractivity contribution in [3.63, 3.8) is 0 Å². The Morgan fingerprint density at radius 3 is 2.70 bits per heavy atom. The molecule has 3 saturated carbocycles. The van der Waals surface area contributed by atoms with Crippen LogP contribution in [0.25, 0.3) is 0 Å².